The van der Waals surface area contributed by atoms with E-state index in [0.717, 1.165) is 0 Å². The van der Waals surface area contributed by atoms with Crippen molar-refractivity contribution in [1.29, 1.82) is 0 Å². The monoisotopic (exact) mass is 326 g/mol. The Bertz CT molecular complexity index is 228. The zero-order chi connectivity index (χ0) is 15.5. The van der Waals surface area contributed by atoms with Crippen LogP contribution < -0.4 is 17.2 Å². The van der Waals surface area contributed by atoms with Gasteiger partial charge in [-0.1, -0.05) is 0 Å². The number of hydrogen-bond donors (Lipinski definition) is 6. The molecule has 0 aliphatic heterocycles. The van der Waals surface area contributed by atoms with Gasteiger partial charge in [0.2, 0.25) is 0 Å². The van der Waals surface area contributed by atoms with E-state index in [1.54, 1.807) is 0 Å². The third-order valence-corrected chi connectivity index (χ3v) is 1.17. The van der Waals surface area contributed by atoms with E-state index in [9.17, 15) is 14.4 Å². The Labute approximate surface area is 121 Å². The van der Waals surface area contributed by atoms with Crippen LogP contribution in [0.15, 0.2) is 0 Å². The fraction of sp³-hybridized carbons (Fsp3) is 0.667. The van der Waals surface area contributed by atoms with E-state index in [0.29, 0.717) is 0 Å². The first kappa shape index (κ1) is 26.4. The van der Waals surface area contributed by atoms with Gasteiger partial charge in [-0.3, -0.25) is 14.4 Å². The molecule has 0 aromatic rings. The van der Waals surface area contributed by atoms with Crippen LogP contribution in [0.3, 0.4) is 0 Å². The van der Waals surface area contributed by atoms with Crippen molar-refractivity contribution in [2.75, 3.05) is 0 Å². The van der Waals surface area contributed by atoms with E-state index in [2.05, 4.69) is 0 Å². The number of carboxylic acid groups (broad SMARTS) is 3. The number of carbonyl (C=O) groups is 3. The molecule has 0 aliphatic rings. The van der Waals surface area contributed by atoms with Crippen LogP contribution in [0.1, 0.15) is 20.8 Å². The van der Waals surface area contributed by atoms with Crippen LogP contribution in [0, 0.1) is 0 Å². The molecule has 0 aromatic carbocycles. The van der Waals surface area contributed by atoms with Gasteiger partial charge >= 0.3 is 34.7 Å². The molecule has 19 heavy (non-hydrogen) atoms. The average molecular weight is 326 g/mol. The van der Waals surface area contributed by atoms with E-state index in [-0.39, 0.29) is 16.8 Å². The quantitative estimate of drug-likeness (QED) is 0.349. The van der Waals surface area contributed by atoms with Gasteiger partial charge in [0.05, 0.1) is 0 Å². The molecule has 0 saturated heterocycles. The fourth-order valence-corrected chi connectivity index (χ4v) is 0. The first-order valence-electron chi connectivity index (χ1n) is 4.88. The largest absolute Gasteiger partial charge is 3.00 e. The second-order valence-electron chi connectivity index (χ2n) is 3.38. The van der Waals surface area contributed by atoms with Gasteiger partial charge in [0, 0.05) is 0 Å². The van der Waals surface area contributed by atoms with Gasteiger partial charge in [0.25, 0.3) is 0 Å². The van der Waals surface area contributed by atoms with Crippen LogP contribution in [0.25, 0.3) is 0 Å². The molecule has 0 aromatic heterocycles. The van der Waals surface area contributed by atoms with Crippen molar-refractivity contribution >= 4 is 17.9 Å². The predicted octanol–water partition coefficient (Wildman–Crippen LogP) is -1.75. The van der Waals surface area contributed by atoms with Gasteiger partial charge in [0.1, 0.15) is 18.1 Å². The zero-order valence-electron chi connectivity index (χ0n) is 10.9. The summed E-state index contributed by atoms with van der Waals surface area (Å²) in [6, 6.07) is -2.19. The van der Waals surface area contributed by atoms with Crippen LogP contribution in [-0.2, 0) is 31.2 Å². The van der Waals surface area contributed by atoms with Crippen molar-refractivity contribution in [3.05, 3.63) is 0 Å². The molecule has 0 saturated carbocycles. The molecule has 9 N–H and O–H groups in total. The summed E-state index contributed by atoms with van der Waals surface area (Å²) >= 11 is 0. The summed E-state index contributed by atoms with van der Waals surface area (Å²) in [6.07, 6.45) is 0. The molecule has 114 valence electrons. The Kier molecular flexibility index (Phi) is 20.6. The minimum absolute atomic E-state index is 0. The Balaban J connectivity index is -0.0000000865. The Morgan fingerprint density at radius 3 is 0.737 bits per heavy atom. The molecular weight excluding hydrogens is 305 g/mol. The number of hydrogen-bond acceptors (Lipinski definition) is 6. The molecular formula is C9H21CoN3O6+3. The molecule has 3 atom stereocenters. The maximum absolute atomic E-state index is 9.57. The van der Waals surface area contributed by atoms with Crippen molar-refractivity contribution in [3.8, 4) is 0 Å². The van der Waals surface area contributed by atoms with E-state index >= 15 is 0 Å². The van der Waals surface area contributed by atoms with Crippen molar-refractivity contribution in [1.82, 2.24) is 0 Å². The van der Waals surface area contributed by atoms with Crippen LogP contribution in [0.4, 0.5) is 0 Å². The minimum atomic E-state index is -0.963. The third kappa shape index (κ3) is 31.5. The van der Waals surface area contributed by atoms with Crippen molar-refractivity contribution in [3.63, 3.8) is 0 Å². The summed E-state index contributed by atoms with van der Waals surface area (Å²) < 4.78 is 0. The normalized spacial score (nSPS) is 12.9. The maximum Gasteiger partial charge on any atom is 3.00 e. The SMILES string of the molecule is CC(N)C(=O)O.CC(N)C(=O)O.CC(N)C(=O)O.[Co+3]. The zero-order valence-corrected chi connectivity index (χ0v) is 11.9. The predicted molar refractivity (Wildman–Crippen MR) is 63.9 cm³/mol. The summed E-state index contributed by atoms with van der Waals surface area (Å²) in [5.74, 6) is -2.89. The molecule has 0 aliphatic carbocycles. The first-order valence-corrected chi connectivity index (χ1v) is 4.88. The second kappa shape index (κ2) is 14.9. The van der Waals surface area contributed by atoms with Crippen LogP contribution in [0.2, 0.25) is 0 Å². The van der Waals surface area contributed by atoms with Gasteiger partial charge in [-0.15, -0.1) is 0 Å². The van der Waals surface area contributed by atoms with Gasteiger partial charge in [-0.2, -0.15) is 0 Å². The summed E-state index contributed by atoms with van der Waals surface area (Å²) in [7, 11) is 0. The number of rotatable bonds is 3. The molecule has 3 unspecified atom stereocenters. The summed E-state index contributed by atoms with van der Waals surface area (Å²) in [4.78, 5) is 28.7. The van der Waals surface area contributed by atoms with Crippen LogP contribution >= 0.6 is 0 Å². The number of nitrogens with two attached hydrogens (primary N) is 3. The topological polar surface area (TPSA) is 190 Å². The first-order chi connectivity index (χ1) is 7.93. The van der Waals surface area contributed by atoms with E-state index in [1.165, 1.54) is 20.8 Å². The molecule has 0 amide bonds. The number of carboxylic acids is 3. The summed E-state index contributed by atoms with van der Waals surface area (Å²) in [6.45, 7) is 4.26. The Morgan fingerprint density at radius 2 is 0.737 bits per heavy atom. The van der Waals surface area contributed by atoms with Gasteiger partial charge in [0.15, 0.2) is 0 Å². The van der Waals surface area contributed by atoms with Crippen LogP contribution in [0.5, 0.6) is 0 Å². The van der Waals surface area contributed by atoms with Gasteiger partial charge in [-0.25, -0.2) is 0 Å². The molecule has 0 spiro atoms. The average Bonchev–Trinajstić information content (AvgIpc) is 2.18. The van der Waals surface area contributed by atoms with E-state index in [1.807, 2.05) is 0 Å². The van der Waals surface area contributed by atoms with Crippen molar-refractivity contribution in [2.45, 2.75) is 38.9 Å². The molecule has 10 heteroatoms. The van der Waals surface area contributed by atoms with E-state index < -0.39 is 36.0 Å². The summed E-state index contributed by atoms with van der Waals surface area (Å²) in [5, 5.41) is 23.6. The van der Waals surface area contributed by atoms with E-state index in [4.69, 9.17) is 32.5 Å². The maximum atomic E-state index is 9.57. The second-order valence-corrected chi connectivity index (χ2v) is 3.38. The van der Waals surface area contributed by atoms with Crippen LogP contribution in [-0.4, -0.2) is 51.4 Å². The smallest absolute Gasteiger partial charge is 0.480 e. The minimum Gasteiger partial charge on any atom is -0.480 e. The molecule has 0 radical (unpaired) electrons. The standard InChI is InChI=1S/3C3H7NO2.Co/c3*1-2(4)3(5)6;/h3*2H,4H2,1H3,(H,5,6);/q;;;+3. The molecule has 0 heterocycles. The molecule has 9 nitrogen and oxygen atoms in total. The van der Waals surface area contributed by atoms with Gasteiger partial charge < -0.3 is 32.5 Å². The molecule has 0 bridgehead atoms. The van der Waals surface area contributed by atoms with Crippen molar-refractivity contribution in [2.24, 2.45) is 17.2 Å². The molecule has 0 rings (SSSR count). The van der Waals surface area contributed by atoms with Gasteiger partial charge in [-0.05, 0) is 20.8 Å². The third-order valence-electron chi connectivity index (χ3n) is 1.17. The number of aliphatic carboxylic acids is 3. The Hall–Kier alpha value is -1.20. The molecule has 0 fully saturated rings. The Morgan fingerprint density at radius 1 is 0.684 bits per heavy atom. The summed E-state index contributed by atoms with van der Waals surface area (Å²) in [5.41, 5.74) is 14.5. The van der Waals surface area contributed by atoms with Crippen molar-refractivity contribution < 1.29 is 46.5 Å². The fourth-order valence-electron chi connectivity index (χ4n) is 0.